The van der Waals surface area contributed by atoms with Gasteiger partial charge in [0.2, 0.25) is 15.9 Å². The molecule has 33 heavy (non-hydrogen) atoms. The second kappa shape index (κ2) is 10.8. The first kappa shape index (κ1) is 24.7. The molecule has 0 spiro atoms. The van der Waals surface area contributed by atoms with E-state index in [1.807, 2.05) is 32.0 Å². The van der Waals surface area contributed by atoms with Crippen LogP contribution in [0.5, 0.6) is 0 Å². The molecule has 2 aromatic rings. The zero-order valence-electron chi connectivity index (χ0n) is 19.3. The van der Waals surface area contributed by atoms with Gasteiger partial charge in [0.15, 0.2) is 0 Å². The van der Waals surface area contributed by atoms with Crippen molar-refractivity contribution in [3.8, 4) is 0 Å². The number of carbonyl (C=O) groups excluding carboxylic acids is 2. The van der Waals surface area contributed by atoms with Gasteiger partial charge in [0.25, 0.3) is 5.91 Å². The fourth-order valence-electron chi connectivity index (χ4n) is 3.76. The number of anilines is 2. The molecule has 3 rings (SSSR count). The van der Waals surface area contributed by atoms with Gasteiger partial charge in [-0.1, -0.05) is 24.3 Å². The van der Waals surface area contributed by atoms with Gasteiger partial charge in [-0.05, 0) is 49.6 Å². The first-order chi connectivity index (χ1) is 15.7. The fraction of sp³-hybridized carbons (Fsp3) is 0.417. The van der Waals surface area contributed by atoms with Crippen LogP contribution in [0.1, 0.15) is 34.3 Å². The number of para-hydroxylation sites is 1. The number of nitrogens with zero attached hydrogens (tertiary/aromatic N) is 2. The van der Waals surface area contributed by atoms with Crippen molar-refractivity contribution >= 4 is 33.2 Å². The summed E-state index contributed by atoms with van der Waals surface area (Å²) >= 11 is 0. The second-order valence-corrected chi connectivity index (χ2v) is 10.1. The molecule has 1 heterocycles. The van der Waals surface area contributed by atoms with Crippen LogP contribution >= 0.6 is 0 Å². The van der Waals surface area contributed by atoms with Gasteiger partial charge in [-0.15, -0.1) is 0 Å². The number of morpholine rings is 1. The quantitative estimate of drug-likeness (QED) is 0.636. The van der Waals surface area contributed by atoms with E-state index in [2.05, 4.69) is 5.32 Å². The summed E-state index contributed by atoms with van der Waals surface area (Å²) in [5.74, 6) is -0.418. The minimum atomic E-state index is -3.50. The van der Waals surface area contributed by atoms with E-state index in [1.165, 1.54) is 10.6 Å². The Morgan fingerprint density at radius 2 is 1.79 bits per heavy atom. The van der Waals surface area contributed by atoms with Crippen molar-refractivity contribution in [1.29, 1.82) is 0 Å². The average molecular weight is 474 g/mol. The summed E-state index contributed by atoms with van der Waals surface area (Å²) in [6.07, 6.45) is 1.63. The van der Waals surface area contributed by atoms with E-state index in [4.69, 9.17) is 4.74 Å². The Balaban J connectivity index is 1.64. The highest BCUT2D eigenvalue weighted by Crippen LogP contribution is 2.25. The van der Waals surface area contributed by atoms with Gasteiger partial charge in [-0.3, -0.25) is 13.9 Å². The van der Waals surface area contributed by atoms with Crippen LogP contribution in [0, 0.1) is 13.8 Å². The molecule has 0 radical (unpaired) electrons. The molecule has 9 heteroatoms. The molecule has 0 saturated carbocycles. The normalized spacial score (nSPS) is 14.1. The maximum Gasteiger partial charge on any atom is 0.256 e. The molecule has 2 aromatic carbocycles. The summed E-state index contributed by atoms with van der Waals surface area (Å²) in [5, 5.41) is 2.82. The van der Waals surface area contributed by atoms with Gasteiger partial charge in [-0.25, -0.2) is 8.42 Å². The number of hydrogen-bond acceptors (Lipinski definition) is 5. The number of aryl methyl sites for hydroxylation is 2. The van der Waals surface area contributed by atoms with Crippen molar-refractivity contribution in [2.45, 2.75) is 26.7 Å². The molecule has 0 unspecified atom stereocenters. The van der Waals surface area contributed by atoms with Crippen molar-refractivity contribution < 1.29 is 22.7 Å². The predicted octanol–water partition coefficient (Wildman–Crippen LogP) is 2.96. The lowest BCUT2D eigenvalue weighted by molar-refractivity contribution is -0.116. The molecule has 1 aliphatic rings. The highest BCUT2D eigenvalue weighted by atomic mass is 32.2. The van der Waals surface area contributed by atoms with Crippen molar-refractivity contribution in [3.63, 3.8) is 0 Å². The summed E-state index contributed by atoms with van der Waals surface area (Å²) < 4.78 is 31.5. The number of sulfonamides is 1. The van der Waals surface area contributed by atoms with Crippen LogP contribution in [-0.4, -0.2) is 64.2 Å². The Labute approximate surface area is 195 Å². The fourth-order valence-corrected chi connectivity index (χ4v) is 4.78. The highest BCUT2D eigenvalue weighted by molar-refractivity contribution is 7.92. The molecule has 0 bridgehead atoms. The van der Waals surface area contributed by atoms with E-state index < -0.39 is 10.0 Å². The summed E-state index contributed by atoms with van der Waals surface area (Å²) in [4.78, 5) is 27.2. The van der Waals surface area contributed by atoms with Crippen LogP contribution in [0.15, 0.2) is 42.5 Å². The standard InChI is InChI=1S/C24H31N3O5S/c1-18-10-11-19(2)22(17-18)27(33(3,30)31)12-6-9-23(28)25-21-8-5-4-7-20(21)24(29)26-13-15-32-16-14-26/h4-5,7-8,10-11,17H,6,9,12-16H2,1-3H3,(H,25,28). The predicted molar refractivity (Wildman–Crippen MR) is 129 cm³/mol. The number of rotatable bonds is 8. The van der Waals surface area contributed by atoms with E-state index in [1.54, 1.807) is 29.2 Å². The maximum atomic E-state index is 12.9. The van der Waals surface area contributed by atoms with E-state index >= 15 is 0 Å². The number of carbonyl (C=O) groups is 2. The molecule has 0 atom stereocenters. The first-order valence-electron chi connectivity index (χ1n) is 11.0. The minimum absolute atomic E-state index is 0.122. The van der Waals surface area contributed by atoms with Crippen LogP contribution in [0.25, 0.3) is 0 Å². The van der Waals surface area contributed by atoms with Crippen LogP contribution in [0.2, 0.25) is 0 Å². The average Bonchev–Trinajstić information content (AvgIpc) is 2.78. The lowest BCUT2D eigenvalue weighted by Gasteiger charge is -2.27. The second-order valence-electron chi connectivity index (χ2n) is 8.23. The smallest absolute Gasteiger partial charge is 0.256 e. The molecule has 2 amide bonds. The molecule has 1 saturated heterocycles. The van der Waals surface area contributed by atoms with Crippen LogP contribution < -0.4 is 9.62 Å². The monoisotopic (exact) mass is 473 g/mol. The van der Waals surface area contributed by atoms with Gasteiger partial charge >= 0.3 is 0 Å². The van der Waals surface area contributed by atoms with Crippen LogP contribution in [0.4, 0.5) is 11.4 Å². The van der Waals surface area contributed by atoms with Crippen molar-refractivity contribution in [3.05, 3.63) is 59.2 Å². The Kier molecular flexibility index (Phi) is 8.10. The lowest BCUT2D eigenvalue weighted by atomic mass is 10.1. The third-order valence-electron chi connectivity index (χ3n) is 5.53. The summed E-state index contributed by atoms with van der Waals surface area (Å²) in [5.41, 5.74) is 3.32. The first-order valence-corrected chi connectivity index (χ1v) is 12.8. The largest absolute Gasteiger partial charge is 0.378 e. The Bertz CT molecular complexity index is 1110. The molecule has 0 aromatic heterocycles. The van der Waals surface area contributed by atoms with E-state index in [9.17, 15) is 18.0 Å². The van der Waals surface area contributed by atoms with Crippen molar-refractivity contribution in [2.75, 3.05) is 48.7 Å². The van der Waals surface area contributed by atoms with Gasteiger partial charge in [0.05, 0.1) is 36.4 Å². The topological polar surface area (TPSA) is 96.0 Å². The summed E-state index contributed by atoms with van der Waals surface area (Å²) in [6, 6.07) is 12.6. The highest BCUT2D eigenvalue weighted by Gasteiger charge is 2.22. The number of benzene rings is 2. The third-order valence-corrected chi connectivity index (χ3v) is 6.71. The van der Waals surface area contributed by atoms with E-state index in [-0.39, 0.29) is 24.8 Å². The van der Waals surface area contributed by atoms with E-state index in [0.717, 1.165) is 11.1 Å². The zero-order valence-corrected chi connectivity index (χ0v) is 20.2. The number of hydrogen-bond donors (Lipinski definition) is 1. The molecule has 1 fully saturated rings. The molecule has 8 nitrogen and oxygen atoms in total. The van der Waals surface area contributed by atoms with Crippen LogP contribution in [0.3, 0.4) is 0 Å². The molecule has 1 N–H and O–H groups in total. The van der Waals surface area contributed by atoms with Crippen molar-refractivity contribution in [2.24, 2.45) is 0 Å². The molecular weight excluding hydrogens is 442 g/mol. The minimum Gasteiger partial charge on any atom is -0.378 e. The van der Waals surface area contributed by atoms with Gasteiger partial charge in [0, 0.05) is 26.1 Å². The number of ether oxygens (including phenoxy) is 1. The van der Waals surface area contributed by atoms with Gasteiger partial charge < -0.3 is 15.0 Å². The van der Waals surface area contributed by atoms with E-state index in [0.29, 0.717) is 49.7 Å². The third kappa shape index (κ3) is 6.55. The number of nitrogens with one attached hydrogen (secondary N) is 1. The molecule has 1 aliphatic heterocycles. The van der Waals surface area contributed by atoms with Crippen molar-refractivity contribution in [1.82, 2.24) is 4.90 Å². The molecule has 178 valence electrons. The summed E-state index contributed by atoms with van der Waals surface area (Å²) in [6.45, 7) is 5.98. The zero-order chi connectivity index (χ0) is 24.0. The Morgan fingerprint density at radius 1 is 1.09 bits per heavy atom. The Morgan fingerprint density at radius 3 is 2.48 bits per heavy atom. The van der Waals surface area contributed by atoms with Gasteiger partial charge in [-0.2, -0.15) is 0 Å². The number of amides is 2. The molecule has 0 aliphatic carbocycles. The lowest BCUT2D eigenvalue weighted by Crippen LogP contribution is -2.41. The SMILES string of the molecule is Cc1ccc(C)c(N(CCCC(=O)Nc2ccccc2C(=O)N2CCOCC2)S(C)(=O)=O)c1. The van der Waals surface area contributed by atoms with Gasteiger partial charge in [0.1, 0.15) is 0 Å². The Hall–Kier alpha value is -2.91. The molecular formula is C24H31N3O5S. The summed E-state index contributed by atoms with van der Waals surface area (Å²) in [7, 11) is -3.50. The maximum absolute atomic E-state index is 12.9. The van der Waals surface area contributed by atoms with Crippen LogP contribution in [-0.2, 0) is 19.6 Å².